The van der Waals surface area contributed by atoms with Crippen molar-refractivity contribution in [3.63, 3.8) is 0 Å². The minimum absolute atomic E-state index is 0.0810. The van der Waals surface area contributed by atoms with Crippen LogP contribution in [-0.4, -0.2) is 12.1 Å². The Labute approximate surface area is 204 Å². The molecule has 1 aliphatic rings. The van der Waals surface area contributed by atoms with Gasteiger partial charge < -0.3 is 19.9 Å². The fourth-order valence-corrected chi connectivity index (χ4v) is 4.04. The Bertz CT molecular complexity index is 1340. The fraction of sp³-hybridized carbons (Fsp3) is 0.120. The summed E-state index contributed by atoms with van der Waals surface area (Å²) in [6, 6.07) is 17.1. The highest BCUT2D eigenvalue weighted by Crippen LogP contribution is 2.45. The summed E-state index contributed by atoms with van der Waals surface area (Å²) < 4.78 is 29.6. The largest absolute Gasteiger partial charge is 0.479 e. The topological polar surface area (TPSA) is 94.6 Å². The van der Waals surface area contributed by atoms with E-state index in [1.165, 1.54) is 37.3 Å². The molecule has 0 aliphatic carbocycles. The number of hydrogen-bond donors (Lipinski definition) is 1. The molecule has 34 heavy (non-hydrogen) atoms. The van der Waals surface area contributed by atoms with E-state index >= 15 is 0 Å². The van der Waals surface area contributed by atoms with Gasteiger partial charge in [0, 0.05) is 21.7 Å². The second-order valence-electron chi connectivity index (χ2n) is 7.43. The first-order valence-corrected chi connectivity index (χ1v) is 10.8. The Kier molecular flexibility index (Phi) is 6.64. The van der Waals surface area contributed by atoms with Gasteiger partial charge in [0.2, 0.25) is 5.88 Å². The second-order valence-corrected chi connectivity index (χ2v) is 8.27. The van der Waals surface area contributed by atoms with Crippen molar-refractivity contribution in [1.82, 2.24) is 0 Å². The highest BCUT2D eigenvalue weighted by atomic mass is 35.5. The number of nitriles is 1. The Morgan fingerprint density at radius 3 is 2.44 bits per heavy atom. The maximum atomic E-state index is 13.1. The third kappa shape index (κ3) is 4.79. The molecule has 2 unspecified atom stereocenters. The lowest BCUT2D eigenvalue weighted by molar-refractivity contribution is -0.141. The normalized spacial score (nSPS) is 15.6. The molecule has 1 heterocycles. The van der Waals surface area contributed by atoms with E-state index in [0.717, 1.165) is 0 Å². The number of halogens is 3. The third-order valence-electron chi connectivity index (χ3n) is 5.14. The minimum Gasteiger partial charge on any atom is -0.479 e. The predicted molar refractivity (Wildman–Crippen MR) is 124 cm³/mol. The lowest BCUT2D eigenvalue weighted by atomic mass is 9.83. The molecule has 1 aliphatic heterocycles. The standard InChI is InChI=1S/C25H17Cl2FN2O4/c1-13(32-16-5-3-15(28)4-6-16)25(31)33-17-7-9-19-22(11-17)34-24(30)20(12-29)23(19)18-8-2-14(26)10-21(18)27/h2-11,13,23H,30H2,1H3. The van der Waals surface area contributed by atoms with Crippen LogP contribution in [0, 0.1) is 17.1 Å². The number of rotatable bonds is 5. The van der Waals surface area contributed by atoms with Gasteiger partial charge in [0.15, 0.2) is 6.10 Å². The molecule has 4 rings (SSSR count). The van der Waals surface area contributed by atoms with Gasteiger partial charge in [0.05, 0.1) is 5.92 Å². The molecule has 0 fully saturated rings. The number of allylic oxidation sites excluding steroid dienone is 1. The first-order valence-electron chi connectivity index (χ1n) is 10.1. The Hall–Kier alpha value is -3.73. The summed E-state index contributed by atoms with van der Waals surface area (Å²) in [5.74, 6) is -0.936. The van der Waals surface area contributed by atoms with Crippen LogP contribution in [0.1, 0.15) is 24.0 Å². The number of esters is 1. The van der Waals surface area contributed by atoms with Crippen molar-refractivity contribution < 1.29 is 23.4 Å². The number of carbonyl (C=O) groups is 1. The zero-order valence-electron chi connectivity index (χ0n) is 17.7. The molecular weight excluding hydrogens is 482 g/mol. The van der Waals surface area contributed by atoms with Gasteiger partial charge in [-0.3, -0.25) is 0 Å². The monoisotopic (exact) mass is 498 g/mol. The molecule has 172 valence electrons. The summed E-state index contributed by atoms with van der Waals surface area (Å²) in [6.45, 7) is 1.51. The first-order chi connectivity index (χ1) is 16.3. The third-order valence-corrected chi connectivity index (χ3v) is 5.70. The van der Waals surface area contributed by atoms with E-state index in [1.807, 2.05) is 0 Å². The van der Waals surface area contributed by atoms with E-state index in [0.29, 0.717) is 32.7 Å². The molecule has 0 amide bonds. The molecule has 2 atom stereocenters. The molecule has 0 spiro atoms. The quantitative estimate of drug-likeness (QED) is 0.356. The smallest absolute Gasteiger partial charge is 0.352 e. The highest BCUT2D eigenvalue weighted by Gasteiger charge is 2.32. The lowest BCUT2D eigenvalue weighted by Gasteiger charge is -2.27. The van der Waals surface area contributed by atoms with Gasteiger partial charge in [-0.15, -0.1) is 0 Å². The van der Waals surface area contributed by atoms with E-state index in [-0.39, 0.29) is 17.2 Å². The number of hydrogen-bond acceptors (Lipinski definition) is 6. The van der Waals surface area contributed by atoms with Crippen molar-refractivity contribution >= 4 is 29.2 Å². The second kappa shape index (κ2) is 9.64. The fourth-order valence-electron chi connectivity index (χ4n) is 3.52. The molecule has 0 radical (unpaired) electrons. The molecule has 2 N–H and O–H groups in total. The van der Waals surface area contributed by atoms with Crippen molar-refractivity contribution in [3.8, 4) is 23.3 Å². The molecule has 3 aromatic carbocycles. The van der Waals surface area contributed by atoms with Crippen LogP contribution in [0.15, 0.2) is 72.1 Å². The number of fused-ring (bicyclic) bond motifs is 1. The van der Waals surface area contributed by atoms with Gasteiger partial charge in [0.25, 0.3) is 0 Å². The summed E-state index contributed by atoms with van der Waals surface area (Å²) in [7, 11) is 0. The molecule has 0 saturated heterocycles. The van der Waals surface area contributed by atoms with Gasteiger partial charge in [0.1, 0.15) is 34.7 Å². The molecular formula is C25H17Cl2FN2O4. The number of benzene rings is 3. The zero-order chi connectivity index (χ0) is 24.4. The number of nitrogens with two attached hydrogens (primary N) is 1. The van der Waals surface area contributed by atoms with Crippen molar-refractivity contribution in [1.29, 1.82) is 5.26 Å². The van der Waals surface area contributed by atoms with E-state index in [1.54, 1.807) is 30.3 Å². The highest BCUT2D eigenvalue weighted by molar-refractivity contribution is 6.35. The molecule has 3 aromatic rings. The number of ether oxygens (including phenoxy) is 3. The summed E-state index contributed by atoms with van der Waals surface area (Å²) in [5, 5.41) is 10.5. The predicted octanol–water partition coefficient (Wildman–Crippen LogP) is 5.72. The maximum absolute atomic E-state index is 13.1. The lowest BCUT2D eigenvalue weighted by Crippen LogP contribution is -2.28. The van der Waals surface area contributed by atoms with Crippen molar-refractivity contribution in [2.45, 2.75) is 18.9 Å². The molecule has 9 heteroatoms. The summed E-state index contributed by atoms with van der Waals surface area (Å²) in [4.78, 5) is 12.5. The van der Waals surface area contributed by atoms with Crippen LogP contribution in [0.25, 0.3) is 0 Å². The van der Waals surface area contributed by atoms with Crippen LogP contribution in [0.2, 0.25) is 10.0 Å². The van der Waals surface area contributed by atoms with Crippen molar-refractivity contribution in [3.05, 3.63) is 99.1 Å². The summed E-state index contributed by atoms with van der Waals surface area (Å²) in [6.07, 6.45) is -0.960. The first kappa shape index (κ1) is 23.4. The van der Waals surface area contributed by atoms with Gasteiger partial charge >= 0.3 is 5.97 Å². The average molecular weight is 499 g/mol. The van der Waals surface area contributed by atoms with Gasteiger partial charge in [-0.05, 0) is 55.0 Å². The van der Waals surface area contributed by atoms with Crippen molar-refractivity contribution in [2.24, 2.45) is 5.73 Å². The molecule has 0 aromatic heterocycles. The van der Waals surface area contributed by atoms with Gasteiger partial charge in [-0.2, -0.15) is 5.26 Å². The van der Waals surface area contributed by atoms with Crippen molar-refractivity contribution in [2.75, 3.05) is 0 Å². The van der Waals surface area contributed by atoms with E-state index in [9.17, 15) is 14.4 Å². The van der Waals surface area contributed by atoms with E-state index < -0.39 is 23.8 Å². The van der Waals surface area contributed by atoms with Crippen LogP contribution in [0.4, 0.5) is 4.39 Å². The van der Waals surface area contributed by atoms with E-state index in [2.05, 4.69) is 6.07 Å². The SMILES string of the molecule is CC(Oc1ccc(F)cc1)C(=O)Oc1ccc2c(c1)OC(N)=C(C#N)C2c1ccc(Cl)cc1Cl. The van der Waals surface area contributed by atoms with E-state index in [4.69, 9.17) is 43.1 Å². The molecule has 0 bridgehead atoms. The molecule has 6 nitrogen and oxygen atoms in total. The minimum atomic E-state index is -0.960. The van der Waals surface area contributed by atoms with Gasteiger partial charge in [-0.25, -0.2) is 9.18 Å². The summed E-state index contributed by atoms with van der Waals surface area (Å²) in [5.41, 5.74) is 7.46. The molecule has 0 saturated carbocycles. The van der Waals surface area contributed by atoms with Crippen LogP contribution in [0.5, 0.6) is 17.2 Å². The number of carbonyl (C=O) groups excluding carboxylic acids is 1. The Balaban J connectivity index is 1.59. The van der Waals surface area contributed by atoms with Crippen LogP contribution in [0.3, 0.4) is 0 Å². The van der Waals surface area contributed by atoms with Crippen LogP contribution < -0.4 is 19.9 Å². The van der Waals surface area contributed by atoms with Gasteiger partial charge in [-0.1, -0.05) is 35.3 Å². The average Bonchev–Trinajstić information content (AvgIpc) is 2.80. The Morgan fingerprint density at radius 1 is 1.09 bits per heavy atom. The number of nitrogens with zero attached hydrogens (tertiary/aromatic N) is 1. The van der Waals surface area contributed by atoms with Crippen LogP contribution in [-0.2, 0) is 4.79 Å². The zero-order valence-corrected chi connectivity index (χ0v) is 19.2. The summed E-state index contributed by atoms with van der Waals surface area (Å²) >= 11 is 12.4. The van der Waals surface area contributed by atoms with Crippen LogP contribution >= 0.6 is 23.2 Å². The Morgan fingerprint density at radius 2 is 1.76 bits per heavy atom. The maximum Gasteiger partial charge on any atom is 0.352 e.